The maximum absolute atomic E-state index is 12.4. The van der Waals surface area contributed by atoms with E-state index in [1.807, 2.05) is 0 Å². The van der Waals surface area contributed by atoms with Crippen molar-refractivity contribution in [2.75, 3.05) is 6.61 Å². The molecule has 0 amide bonds. The Morgan fingerprint density at radius 1 is 1.25 bits per heavy atom. The molecule has 1 aromatic carbocycles. The standard InChI is InChI=1S/C15H15F3O2/c1-3-12(14(19)20-4-2)8-5-11-6-9-13(10-7-11)15(16,17)18/h3,5-10H,4H2,1-2H3/b8-5+,12-3+. The lowest BCUT2D eigenvalue weighted by atomic mass is 10.1. The Hall–Kier alpha value is -2.04. The van der Waals surface area contributed by atoms with E-state index in [1.54, 1.807) is 26.0 Å². The van der Waals surface area contributed by atoms with Crippen LogP contribution in [0.15, 0.2) is 42.0 Å². The van der Waals surface area contributed by atoms with Crippen LogP contribution in [0.2, 0.25) is 0 Å². The van der Waals surface area contributed by atoms with Crippen LogP contribution in [0.3, 0.4) is 0 Å². The quantitative estimate of drug-likeness (QED) is 0.470. The molecule has 1 aromatic rings. The topological polar surface area (TPSA) is 26.3 Å². The number of benzene rings is 1. The van der Waals surface area contributed by atoms with Crippen LogP contribution in [0.4, 0.5) is 13.2 Å². The van der Waals surface area contributed by atoms with E-state index in [0.717, 1.165) is 12.1 Å². The van der Waals surface area contributed by atoms with E-state index < -0.39 is 17.7 Å². The largest absolute Gasteiger partial charge is 0.462 e. The molecule has 0 N–H and O–H groups in total. The molecule has 0 bridgehead atoms. The Balaban J connectivity index is 2.82. The van der Waals surface area contributed by atoms with Gasteiger partial charge in [0.25, 0.3) is 0 Å². The zero-order valence-electron chi connectivity index (χ0n) is 11.2. The predicted octanol–water partition coefficient (Wildman–Crippen LogP) is 4.23. The molecule has 0 spiro atoms. The van der Waals surface area contributed by atoms with Crippen molar-refractivity contribution in [3.63, 3.8) is 0 Å². The lowest BCUT2D eigenvalue weighted by Gasteiger charge is -2.06. The molecule has 5 heteroatoms. The van der Waals surface area contributed by atoms with E-state index in [2.05, 4.69) is 0 Å². The second-order valence-corrected chi connectivity index (χ2v) is 3.92. The first-order chi connectivity index (χ1) is 9.38. The SMILES string of the molecule is C/C=C(\C=C\c1ccc(C(F)(F)F)cc1)C(=O)OCC. The molecule has 0 saturated heterocycles. The molecule has 0 unspecified atom stereocenters. The van der Waals surface area contributed by atoms with Crippen LogP contribution < -0.4 is 0 Å². The van der Waals surface area contributed by atoms with E-state index >= 15 is 0 Å². The molecule has 0 saturated carbocycles. The first-order valence-corrected chi connectivity index (χ1v) is 6.07. The fraction of sp³-hybridized carbons (Fsp3) is 0.267. The molecule has 0 atom stereocenters. The molecule has 20 heavy (non-hydrogen) atoms. The summed E-state index contributed by atoms with van der Waals surface area (Å²) in [6.45, 7) is 3.65. The van der Waals surface area contributed by atoms with Crippen molar-refractivity contribution in [2.24, 2.45) is 0 Å². The number of hydrogen-bond donors (Lipinski definition) is 0. The van der Waals surface area contributed by atoms with Crippen LogP contribution >= 0.6 is 0 Å². The maximum atomic E-state index is 12.4. The Bertz CT molecular complexity index is 511. The third-order valence-electron chi connectivity index (χ3n) is 2.52. The molecule has 0 heterocycles. The van der Waals surface area contributed by atoms with Gasteiger partial charge < -0.3 is 4.74 Å². The van der Waals surface area contributed by atoms with Crippen molar-refractivity contribution >= 4 is 12.0 Å². The lowest BCUT2D eigenvalue weighted by Crippen LogP contribution is -2.05. The first kappa shape index (κ1) is 16.0. The number of carbonyl (C=O) groups excluding carboxylic acids is 1. The normalized spacial score (nSPS) is 12.8. The van der Waals surface area contributed by atoms with Crippen LogP contribution in [0.1, 0.15) is 25.0 Å². The summed E-state index contributed by atoms with van der Waals surface area (Å²) in [7, 11) is 0. The summed E-state index contributed by atoms with van der Waals surface area (Å²) in [4.78, 5) is 11.5. The van der Waals surface area contributed by atoms with Gasteiger partial charge in [0, 0.05) is 0 Å². The Morgan fingerprint density at radius 3 is 2.30 bits per heavy atom. The molecule has 0 fully saturated rings. The van der Waals surface area contributed by atoms with Gasteiger partial charge in [-0.25, -0.2) is 4.79 Å². The number of allylic oxidation sites excluding steroid dienone is 1. The summed E-state index contributed by atoms with van der Waals surface area (Å²) < 4.78 is 42.0. The van der Waals surface area contributed by atoms with Gasteiger partial charge in [-0.15, -0.1) is 0 Å². The van der Waals surface area contributed by atoms with Crippen LogP contribution in [0.5, 0.6) is 0 Å². The number of alkyl halides is 3. The van der Waals surface area contributed by atoms with Crippen LogP contribution in [0.25, 0.3) is 6.08 Å². The molecule has 0 aromatic heterocycles. The molecule has 0 radical (unpaired) electrons. The minimum atomic E-state index is -4.35. The number of halogens is 3. The summed E-state index contributed by atoms with van der Waals surface area (Å²) in [5.41, 5.74) is 0.222. The highest BCUT2D eigenvalue weighted by Crippen LogP contribution is 2.29. The van der Waals surface area contributed by atoms with Gasteiger partial charge in [-0.2, -0.15) is 13.2 Å². The first-order valence-electron chi connectivity index (χ1n) is 6.07. The molecule has 1 rings (SSSR count). The number of rotatable bonds is 4. The summed E-state index contributed by atoms with van der Waals surface area (Å²) in [5, 5.41) is 0. The highest BCUT2D eigenvalue weighted by Gasteiger charge is 2.29. The highest BCUT2D eigenvalue weighted by atomic mass is 19.4. The summed E-state index contributed by atoms with van der Waals surface area (Å²) in [5.74, 6) is -0.460. The van der Waals surface area contributed by atoms with E-state index in [9.17, 15) is 18.0 Å². The monoisotopic (exact) mass is 284 g/mol. The van der Waals surface area contributed by atoms with Gasteiger partial charge in [-0.1, -0.05) is 24.3 Å². The maximum Gasteiger partial charge on any atom is 0.416 e. The Labute approximate surface area is 115 Å². The highest BCUT2D eigenvalue weighted by molar-refractivity contribution is 5.92. The summed E-state index contributed by atoms with van der Waals surface area (Å²) >= 11 is 0. The van der Waals surface area contributed by atoms with E-state index in [4.69, 9.17) is 4.74 Å². The van der Waals surface area contributed by atoms with Crippen LogP contribution in [0, 0.1) is 0 Å². The molecule has 2 nitrogen and oxygen atoms in total. The van der Waals surface area contributed by atoms with Crippen molar-refractivity contribution < 1.29 is 22.7 Å². The number of ether oxygens (including phenoxy) is 1. The fourth-order valence-corrected chi connectivity index (χ4v) is 1.47. The fourth-order valence-electron chi connectivity index (χ4n) is 1.47. The average molecular weight is 284 g/mol. The third-order valence-corrected chi connectivity index (χ3v) is 2.52. The molecule has 108 valence electrons. The van der Waals surface area contributed by atoms with Crippen LogP contribution in [-0.2, 0) is 15.7 Å². The molecule has 0 aliphatic carbocycles. The number of hydrogen-bond acceptors (Lipinski definition) is 2. The minimum Gasteiger partial charge on any atom is -0.462 e. The zero-order chi connectivity index (χ0) is 15.2. The lowest BCUT2D eigenvalue weighted by molar-refractivity contribution is -0.138. The van der Waals surface area contributed by atoms with E-state index in [-0.39, 0.29) is 6.61 Å². The second kappa shape index (κ2) is 6.93. The smallest absolute Gasteiger partial charge is 0.416 e. The molecule has 0 aliphatic heterocycles. The Morgan fingerprint density at radius 2 is 1.85 bits per heavy atom. The van der Waals surface area contributed by atoms with Crippen molar-refractivity contribution in [2.45, 2.75) is 20.0 Å². The van der Waals surface area contributed by atoms with E-state index in [1.165, 1.54) is 18.2 Å². The van der Waals surface area contributed by atoms with Gasteiger partial charge >= 0.3 is 12.1 Å². The van der Waals surface area contributed by atoms with Crippen molar-refractivity contribution in [1.82, 2.24) is 0 Å². The van der Waals surface area contributed by atoms with Gasteiger partial charge in [0.15, 0.2) is 0 Å². The van der Waals surface area contributed by atoms with Crippen molar-refractivity contribution in [3.8, 4) is 0 Å². The molecular weight excluding hydrogens is 269 g/mol. The summed E-state index contributed by atoms with van der Waals surface area (Å²) in [6, 6.07) is 4.69. The average Bonchev–Trinajstić information content (AvgIpc) is 2.39. The Kier molecular flexibility index (Phi) is 5.55. The van der Waals surface area contributed by atoms with Gasteiger partial charge in [0.2, 0.25) is 0 Å². The van der Waals surface area contributed by atoms with Gasteiger partial charge in [-0.3, -0.25) is 0 Å². The number of esters is 1. The van der Waals surface area contributed by atoms with Gasteiger partial charge in [-0.05, 0) is 37.6 Å². The third kappa shape index (κ3) is 4.57. The van der Waals surface area contributed by atoms with Crippen LogP contribution in [-0.4, -0.2) is 12.6 Å². The second-order valence-electron chi connectivity index (χ2n) is 3.92. The van der Waals surface area contributed by atoms with Gasteiger partial charge in [0.1, 0.15) is 0 Å². The molecule has 0 aliphatic rings. The van der Waals surface area contributed by atoms with Gasteiger partial charge in [0.05, 0.1) is 17.7 Å². The van der Waals surface area contributed by atoms with Crippen molar-refractivity contribution in [3.05, 3.63) is 53.1 Å². The number of carbonyl (C=O) groups is 1. The predicted molar refractivity (Wildman–Crippen MR) is 70.9 cm³/mol. The zero-order valence-corrected chi connectivity index (χ0v) is 11.2. The summed E-state index contributed by atoms with van der Waals surface area (Å²) in [6.07, 6.45) is 0.313. The van der Waals surface area contributed by atoms with Crippen molar-refractivity contribution in [1.29, 1.82) is 0 Å². The molecular formula is C15H15F3O2. The van der Waals surface area contributed by atoms with E-state index in [0.29, 0.717) is 11.1 Å². The minimum absolute atomic E-state index is 0.268.